The lowest BCUT2D eigenvalue weighted by Gasteiger charge is -2.16. The van der Waals surface area contributed by atoms with E-state index in [4.69, 9.17) is 19.6 Å². The molecular formula is C41H46N8O4. The van der Waals surface area contributed by atoms with Crippen LogP contribution in [0.1, 0.15) is 60.5 Å². The molecule has 2 N–H and O–H groups in total. The van der Waals surface area contributed by atoms with Crippen molar-refractivity contribution in [2.75, 3.05) is 44.4 Å². The molecule has 2 aromatic carbocycles. The number of nitrogens with one attached hydrogen (secondary N) is 2. The van der Waals surface area contributed by atoms with Gasteiger partial charge in [0.2, 0.25) is 5.91 Å². The van der Waals surface area contributed by atoms with E-state index in [0.717, 1.165) is 35.2 Å². The van der Waals surface area contributed by atoms with Crippen molar-refractivity contribution in [1.29, 1.82) is 0 Å². The normalized spacial score (nSPS) is 15.8. The second kappa shape index (κ2) is 15.9. The Morgan fingerprint density at radius 1 is 0.981 bits per heavy atom. The number of likely N-dealkylation sites (N-methyl/N-ethyl adjacent to an activating group) is 1. The number of aromatic nitrogens is 4. The van der Waals surface area contributed by atoms with Crippen LogP contribution >= 0.6 is 0 Å². The summed E-state index contributed by atoms with van der Waals surface area (Å²) in [5.41, 5.74) is 3.27. The maximum absolute atomic E-state index is 13.1. The van der Waals surface area contributed by atoms with E-state index in [1.165, 1.54) is 12.8 Å². The molecule has 1 aliphatic carbocycles. The molecule has 12 heteroatoms. The third kappa shape index (κ3) is 8.66. The first kappa shape index (κ1) is 35.6. The highest BCUT2D eigenvalue weighted by Crippen LogP contribution is 2.35. The molecule has 1 unspecified atom stereocenters. The van der Waals surface area contributed by atoms with Gasteiger partial charge in [-0.2, -0.15) is 5.10 Å². The van der Waals surface area contributed by atoms with E-state index in [2.05, 4.69) is 41.4 Å². The van der Waals surface area contributed by atoms with Crippen LogP contribution in [-0.2, 0) is 11.3 Å². The fourth-order valence-corrected chi connectivity index (χ4v) is 6.50. The lowest BCUT2D eigenvalue weighted by molar-refractivity contribution is -0.125. The van der Waals surface area contributed by atoms with Crippen LogP contribution in [0, 0.1) is 0 Å². The van der Waals surface area contributed by atoms with Gasteiger partial charge < -0.3 is 25.0 Å². The number of rotatable bonds is 14. The standard InChI is InChI=1S/C41H46N8O4/c1-27(2)30-17-20-42-36(24-30)45-41(51)29-9-15-34(16-10-29)53-35-18-21-43-40-38(35)39(46-49(40)25-28-7-13-33(52-4)14-8-28)44-31-19-23-48(26-31)37(50)6-5-22-47(3)32-11-12-32/h5-10,13-18,20-21,24,27,31-32H,11-12,19,22-23,25-26H2,1-4H3,(H,44,46)(H,42,45,51)/b6-5+. The van der Waals surface area contributed by atoms with Gasteiger partial charge >= 0.3 is 0 Å². The lowest BCUT2D eigenvalue weighted by atomic mass is 10.1. The largest absolute Gasteiger partial charge is 0.497 e. The number of anilines is 2. The summed E-state index contributed by atoms with van der Waals surface area (Å²) >= 11 is 0. The summed E-state index contributed by atoms with van der Waals surface area (Å²) in [6, 6.07) is 21.2. The minimum absolute atomic E-state index is 0.00408. The number of ether oxygens (including phenoxy) is 2. The Morgan fingerprint density at radius 3 is 2.47 bits per heavy atom. The van der Waals surface area contributed by atoms with Crippen LogP contribution in [-0.4, -0.2) is 87.2 Å². The number of hydrogen-bond donors (Lipinski definition) is 2. The van der Waals surface area contributed by atoms with Crippen molar-refractivity contribution in [3.63, 3.8) is 0 Å². The van der Waals surface area contributed by atoms with Crippen LogP contribution < -0.4 is 20.1 Å². The summed E-state index contributed by atoms with van der Waals surface area (Å²) in [7, 11) is 3.75. The van der Waals surface area contributed by atoms with Gasteiger partial charge in [0.1, 0.15) is 28.5 Å². The van der Waals surface area contributed by atoms with E-state index in [1.54, 1.807) is 49.8 Å². The van der Waals surface area contributed by atoms with E-state index in [-0.39, 0.29) is 17.9 Å². The molecular weight excluding hydrogens is 669 g/mol. The van der Waals surface area contributed by atoms with E-state index in [1.807, 2.05) is 58.1 Å². The SMILES string of the molecule is COc1ccc(Cn2nc(NC3CCN(C(=O)/C=C/CN(C)C4CC4)C3)c3c(Oc4ccc(C(=O)Nc5cc(C(C)C)ccn5)cc4)ccnc32)cc1. The van der Waals surface area contributed by atoms with Crippen molar-refractivity contribution in [3.8, 4) is 17.2 Å². The summed E-state index contributed by atoms with van der Waals surface area (Å²) < 4.78 is 13.7. The van der Waals surface area contributed by atoms with Gasteiger partial charge in [-0.3, -0.25) is 14.5 Å². The molecule has 1 saturated heterocycles. The van der Waals surface area contributed by atoms with Gasteiger partial charge in [0.25, 0.3) is 5.91 Å². The van der Waals surface area contributed by atoms with Crippen LogP contribution in [0.25, 0.3) is 11.0 Å². The first-order valence-electron chi connectivity index (χ1n) is 18.2. The quantitative estimate of drug-likeness (QED) is 0.121. The van der Waals surface area contributed by atoms with Crippen LogP contribution in [0.2, 0.25) is 0 Å². The highest BCUT2D eigenvalue weighted by molar-refractivity contribution is 6.03. The zero-order valence-corrected chi connectivity index (χ0v) is 30.7. The first-order valence-corrected chi connectivity index (χ1v) is 18.2. The fourth-order valence-electron chi connectivity index (χ4n) is 6.50. The summed E-state index contributed by atoms with van der Waals surface area (Å²) in [5, 5.41) is 12.2. The smallest absolute Gasteiger partial charge is 0.256 e. The molecule has 0 spiro atoms. The van der Waals surface area contributed by atoms with Crippen molar-refractivity contribution in [3.05, 3.63) is 108 Å². The number of methoxy groups -OCH3 is 1. The van der Waals surface area contributed by atoms with Gasteiger partial charge in [0.15, 0.2) is 11.5 Å². The molecule has 0 radical (unpaired) electrons. The average Bonchev–Trinajstić information content (AvgIpc) is 3.83. The van der Waals surface area contributed by atoms with Crippen LogP contribution in [0.4, 0.5) is 11.6 Å². The molecule has 2 fully saturated rings. The topological polar surface area (TPSA) is 127 Å². The molecule has 12 nitrogen and oxygen atoms in total. The molecule has 3 aromatic heterocycles. The number of benzene rings is 2. The van der Waals surface area contributed by atoms with Crippen molar-refractivity contribution in [2.45, 2.75) is 57.7 Å². The Morgan fingerprint density at radius 2 is 1.74 bits per heavy atom. The number of carbonyl (C=O) groups is 2. The second-order valence-corrected chi connectivity index (χ2v) is 14.1. The van der Waals surface area contributed by atoms with Crippen molar-refractivity contribution >= 4 is 34.5 Å². The Labute approximate surface area is 309 Å². The second-order valence-electron chi connectivity index (χ2n) is 14.1. The van der Waals surface area contributed by atoms with Crippen LogP contribution in [0.5, 0.6) is 17.2 Å². The van der Waals surface area contributed by atoms with Gasteiger partial charge in [-0.1, -0.05) is 32.1 Å². The Bertz CT molecular complexity index is 2090. The molecule has 7 rings (SSSR count). The van der Waals surface area contributed by atoms with Gasteiger partial charge in [-0.25, -0.2) is 14.6 Å². The predicted octanol–water partition coefficient (Wildman–Crippen LogP) is 6.71. The highest BCUT2D eigenvalue weighted by Gasteiger charge is 2.28. The zero-order chi connectivity index (χ0) is 36.9. The first-order chi connectivity index (χ1) is 25.7. The van der Waals surface area contributed by atoms with E-state index >= 15 is 0 Å². The highest BCUT2D eigenvalue weighted by atomic mass is 16.5. The molecule has 274 valence electrons. The summed E-state index contributed by atoms with van der Waals surface area (Å²) in [6.45, 7) is 6.67. The maximum atomic E-state index is 13.1. The number of fused-ring (bicyclic) bond motifs is 1. The van der Waals surface area contributed by atoms with Crippen molar-refractivity contribution in [2.24, 2.45) is 0 Å². The van der Waals surface area contributed by atoms with Crippen LogP contribution in [0.3, 0.4) is 0 Å². The fraction of sp³-hybridized carbons (Fsp3) is 0.341. The molecule has 1 aliphatic heterocycles. The van der Waals surface area contributed by atoms with Gasteiger partial charge in [0.05, 0.1) is 13.7 Å². The van der Waals surface area contributed by atoms with Gasteiger partial charge in [0, 0.05) is 61.8 Å². The number of amides is 2. The molecule has 4 heterocycles. The summed E-state index contributed by atoms with van der Waals surface area (Å²) in [5.74, 6) is 3.13. The van der Waals surface area contributed by atoms with E-state index in [9.17, 15) is 9.59 Å². The summed E-state index contributed by atoms with van der Waals surface area (Å²) in [6.07, 6.45) is 10.3. The molecule has 2 aliphatic rings. The van der Waals surface area contributed by atoms with E-state index < -0.39 is 0 Å². The molecule has 0 bridgehead atoms. The van der Waals surface area contributed by atoms with E-state index in [0.29, 0.717) is 65.9 Å². The number of carbonyl (C=O) groups excluding carboxylic acids is 2. The molecule has 5 aromatic rings. The third-order valence-corrected chi connectivity index (χ3v) is 9.79. The zero-order valence-electron chi connectivity index (χ0n) is 30.7. The number of hydrogen-bond acceptors (Lipinski definition) is 9. The van der Waals surface area contributed by atoms with Gasteiger partial charge in [-0.15, -0.1) is 0 Å². The number of likely N-dealkylation sites (tertiary alicyclic amines) is 1. The van der Waals surface area contributed by atoms with Crippen molar-refractivity contribution < 1.29 is 19.1 Å². The Hall–Kier alpha value is -5.75. The average molecular weight is 715 g/mol. The van der Waals surface area contributed by atoms with Crippen molar-refractivity contribution in [1.82, 2.24) is 29.5 Å². The Balaban J connectivity index is 1.09. The Kier molecular flexibility index (Phi) is 10.7. The van der Waals surface area contributed by atoms with Crippen LogP contribution in [0.15, 0.2) is 91.3 Å². The minimum atomic E-state index is -0.257. The molecule has 2 amide bonds. The molecule has 53 heavy (non-hydrogen) atoms. The predicted molar refractivity (Wildman–Crippen MR) is 206 cm³/mol. The number of nitrogens with zero attached hydrogens (tertiary/aromatic N) is 6. The third-order valence-electron chi connectivity index (χ3n) is 9.79. The minimum Gasteiger partial charge on any atom is -0.497 e. The molecule has 1 saturated carbocycles. The number of pyridine rings is 2. The maximum Gasteiger partial charge on any atom is 0.256 e. The lowest BCUT2D eigenvalue weighted by Crippen LogP contribution is -2.30. The molecule has 1 atom stereocenters. The summed E-state index contributed by atoms with van der Waals surface area (Å²) in [4.78, 5) is 39.3. The van der Waals surface area contributed by atoms with Gasteiger partial charge in [-0.05, 0) is 91.9 Å². The monoisotopic (exact) mass is 714 g/mol.